The van der Waals surface area contributed by atoms with E-state index in [9.17, 15) is 0 Å². The standard InChI is InChI=1S/C15H19N5/c1-15(2,8-16)13-6-18-14-4-3-11(5-12(13)14)7-20-10-17-9-19-20/h3-6,9-10,18H,7-8,16H2,1-2H3. The average molecular weight is 269 g/mol. The summed E-state index contributed by atoms with van der Waals surface area (Å²) < 4.78 is 1.82. The summed E-state index contributed by atoms with van der Waals surface area (Å²) in [5.74, 6) is 0. The molecule has 5 nitrogen and oxygen atoms in total. The third-order valence-corrected chi connectivity index (χ3v) is 3.80. The fraction of sp³-hybridized carbons (Fsp3) is 0.333. The Balaban J connectivity index is 2.03. The molecule has 2 heterocycles. The normalized spacial score (nSPS) is 12.2. The highest BCUT2D eigenvalue weighted by atomic mass is 15.3. The van der Waals surface area contributed by atoms with Gasteiger partial charge in [0.15, 0.2) is 0 Å². The van der Waals surface area contributed by atoms with Gasteiger partial charge in [-0.25, -0.2) is 9.67 Å². The third-order valence-electron chi connectivity index (χ3n) is 3.80. The van der Waals surface area contributed by atoms with Crippen LogP contribution in [0.1, 0.15) is 25.0 Å². The molecule has 0 atom stereocenters. The Labute approximate surface area is 117 Å². The molecule has 3 rings (SSSR count). The lowest BCUT2D eigenvalue weighted by molar-refractivity contribution is 0.543. The first kappa shape index (κ1) is 12.9. The van der Waals surface area contributed by atoms with Gasteiger partial charge in [0.1, 0.15) is 12.7 Å². The summed E-state index contributed by atoms with van der Waals surface area (Å²) >= 11 is 0. The zero-order valence-corrected chi connectivity index (χ0v) is 11.8. The van der Waals surface area contributed by atoms with Crippen molar-refractivity contribution >= 4 is 10.9 Å². The second-order valence-corrected chi connectivity index (χ2v) is 5.76. The number of nitrogens with one attached hydrogen (secondary N) is 1. The molecule has 0 aliphatic rings. The van der Waals surface area contributed by atoms with Crippen LogP contribution in [0.5, 0.6) is 0 Å². The van der Waals surface area contributed by atoms with Crippen molar-refractivity contribution in [1.29, 1.82) is 0 Å². The average Bonchev–Trinajstić information content (AvgIpc) is 3.07. The van der Waals surface area contributed by atoms with Crippen LogP contribution in [-0.4, -0.2) is 26.3 Å². The van der Waals surface area contributed by atoms with Crippen LogP contribution in [0.4, 0.5) is 0 Å². The van der Waals surface area contributed by atoms with Gasteiger partial charge in [-0.05, 0) is 23.3 Å². The summed E-state index contributed by atoms with van der Waals surface area (Å²) in [4.78, 5) is 7.29. The van der Waals surface area contributed by atoms with E-state index >= 15 is 0 Å². The highest BCUT2D eigenvalue weighted by molar-refractivity contribution is 5.85. The van der Waals surface area contributed by atoms with E-state index in [4.69, 9.17) is 5.73 Å². The highest BCUT2D eigenvalue weighted by Crippen LogP contribution is 2.30. The van der Waals surface area contributed by atoms with Gasteiger partial charge in [-0.15, -0.1) is 0 Å². The van der Waals surface area contributed by atoms with Gasteiger partial charge in [0.2, 0.25) is 0 Å². The predicted molar refractivity (Wildman–Crippen MR) is 79.5 cm³/mol. The molecule has 0 bridgehead atoms. The maximum Gasteiger partial charge on any atom is 0.137 e. The highest BCUT2D eigenvalue weighted by Gasteiger charge is 2.22. The largest absolute Gasteiger partial charge is 0.361 e. The van der Waals surface area contributed by atoms with Crippen molar-refractivity contribution in [3.8, 4) is 0 Å². The van der Waals surface area contributed by atoms with Crippen LogP contribution in [0, 0.1) is 0 Å². The van der Waals surface area contributed by atoms with Gasteiger partial charge in [0.25, 0.3) is 0 Å². The zero-order chi connectivity index (χ0) is 14.2. The molecule has 0 aliphatic carbocycles. The van der Waals surface area contributed by atoms with E-state index in [1.807, 2.05) is 4.68 Å². The number of nitrogens with two attached hydrogens (primary N) is 1. The summed E-state index contributed by atoms with van der Waals surface area (Å²) in [5.41, 5.74) is 9.47. The van der Waals surface area contributed by atoms with Crippen LogP contribution in [0.15, 0.2) is 37.1 Å². The molecular weight excluding hydrogens is 250 g/mol. The first-order chi connectivity index (χ1) is 9.60. The Morgan fingerprint density at radius 2 is 2.20 bits per heavy atom. The molecule has 0 amide bonds. The number of fused-ring (bicyclic) bond motifs is 1. The number of hydrogen-bond acceptors (Lipinski definition) is 3. The van der Waals surface area contributed by atoms with Gasteiger partial charge < -0.3 is 10.7 Å². The lowest BCUT2D eigenvalue weighted by atomic mass is 9.84. The Morgan fingerprint density at radius 1 is 1.35 bits per heavy atom. The van der Waals surface area contributed by atoms with Crippen molar-refractivity contribution in [2.45, 2.75) is 25.8 Å². The van der Waals surface area contributed by atoms with Gasteiger partial charge in [-0.3, -0.25) is 0 Å². The van der Waals surface area contributed by atoms with Crippen LogP contribution in [-0.2, 0) is 12.0 Å². The van der Waals surface area contributed by atoms with E-state index in [0.29, 0.717) is 6.54 Å². The van der Waals surface area contributed by atoms with Crippen LogP contribution >= 0.6 is 0 Å². The van der Waals surface area contributed by atoms with Crippen molar-refractivity contribution in [2.75, 3.05) is 6.54 Å². The molecule has 3 aromatic rings. The third kappa shape index (κ3) is 2.20. The van der Waals surface area contributed by atoms with Gasteiger partial charge >= 0.3 is 0 Å². The number of hydrogen-bond donors (Lipinski definition) is 2. The van der Waals surface area contributed by atoms with Gasteiger partial charge in [-0.2, -0.15) is 5.10 Å². The van der Waals surface area contributed by atoms with Crippen molar-refractivity contribution in [1.82, 2.24) is 19.7 Å². The minimum atomic E-state index is -0.0376. The minimum absolute atomic E-state index is 0.0376. The predicted octanol–water partition coefficient (Wildman–Crippen LogP) is 2.04. The first-order valence-corrected chi connectivity index (χ1v) is 6.73. The molecule has 0 fully saturated rings. The lowest BCUT2D eigenvalue weighted by Gasteiger charge is -2.22. The first-order valence-electron chi connectivity index (χ1n) is 6.73. The zero-order valence-electron chi connectivity index (χ0n) is 11.8. The van der Waals surface area contributed by atoms with Crippen LogP contribution < -0.4 is 5.73 Å². The minimum Gasteiger partial charge on any atom is -0.361 e. The smallest absolute Gasteiger partial charge is 0.137 e. The molecule has 0 spiro atoms. The topological polar surface area (TPSA) is 72.5 Å². The van der Waals surface area contributed by atoms with Crippen molar-refractivity contribution in [2.24, 2.45) is 5.73 Å². The molecule has 0 saturated carbocycles. The van der Waals surface area contributed by atoms with Crippen LogP contribution in [0.25, 0.3) is 10.9 Å². The summed E-state index contributed by atoms with van der Waals surface area (Å²) in [6.07, 6.45) is 5.35. The van der Waals surface area contributed by atoms with Gasteiger partial charge in [0, 0.05) is 29.1 Å². The monoisotopic (exact) mass is 269 g/mol. The van der Waals surface area contributed by atoms with Crippen LogP contribution in [0.2, 0.25) is 0 Å². The maximum atomic E-state index is 5.90. The fourth-order valence-corrected chi connectivity index (χ4v) is 2.44. The SMILES string of the molecule is CC(C)(CN)c1c[nH]c2ccc(Cn3cncn3)cc12. The maximum absolute atomic E-state index is 5.90. The Morgan fingerprint density at radius 3 is 2.90 bits per heavy atom. The fourth-order valence-electron chi connectivity index (χ4n) is 2.44. The molecule has 3 N–H and O–H groups in total. The molecule has 0 aliphatic heterocycles. The molecule has 104 valence electrons. The molecular formula is C15H19N5. The van der Waals surface area contributed by atoms with Gasteiger partial charge in [0.05, 0.1) is 6.54 Å². The van der Waals surface area contributed by atoms with Crippen LogP contribution in [0.3, 0.4) is 0 Å². The molecule has 0 radical (unpaired) electrons. The van der Waals surface area contributed by atoms with E-state index in [1.54, 1.807) is 12.7 Å². The second kappa shape index (κ2) is 4.76. The van der Waals surface area contributed by atoms with Crippen molar-refractivity contribution in [3.63, 3.8) is 0 Å². The molecule has 5 heteroatoms. The van der Waals surface area contributed by atoms with E-state index in [1.165, 1.54) is 16.5 Å². The number of H-pyrrole nitrogens is 1. The van der Waals surface area contributed by atoms with E-state index in [0.717, 1.165) is 12.1 Å². The number of aromatic amines is 1. The molecule has 1 aromatic carbocycles. The van der Waals surface area contributed by atoms with Crippen molar-refractivity contribution in [3.05, 3.63) is 48.2 Å². The van der Waals surface area contributed by atoms with Gasteiger partial charge in [-0.1, -0.05) is 19.9 Å². The van der Waals surface area contributed by atoms with Crippen molar-refractivity contribution < 1.29 is 0 Å². The second-order valence-electron chi connectivity index (χ2n) is 5.76. The number of benzene rings is 1. The summed E-state index contributed by atoms with van der Waals surface area (Å²) in [6, 6.07) is 6.43. The summed E-state index contributed by atoms with van der Waals surface area (Å²) in [7, 11) is 0. The van der Waals surface area contributed by atoms with E-state index < -0.39 is 0 Å². The van der Waals surface area contributed by atoms with E-state index in [2.05, 4.69) is 53.3 Å². The molecule has 2 aromatic heterocycles. The number of nitrogens with zero attached hydrogens (tertiary/aromatic N) is 3. The molecule has 0 saturated heterocycles. The summed E-state index contributed by atoms with van der Waals surface area (Å²) in [6.45, 7) is 5.68. The number of rotatable bonds is 4. The molecule has 20 heavy (non-hydrogen) atoms. The van der Waals surface area contributed by atoms with E-state index in [-0.39, 0.29) is 5.41 Å². The quantitative estimate of drug-likeness (QED) is 0.761. The Bertz CT molecular complexity index is 709. The number of aromatic nitrogens is 4. The summed E-state index contributed by atoms with van der Waals surface area (Å²) in [5, 5.41) is 5.38. The Kier molecular flexibility index (Phi) is 3.06. The lowest BCUT2D eigenvalue weighted by Crippen LogP contribution is -2.27. The Hall–Kier alpha value is -2.14. The molecule has 0 unspecified atom stereocenters.